The lowest BCUT2D eigenvalue weighted by molar-refractivity contribution is -0.120. The highest BCUT2D eigenvalue weighted by atomic mass is 19.1. The fourth-order valence-corrected chi connectivity index (χ4v) is 3.49. The van der Waals surface area contributed by atoms with Crippen LogP contribution in [0.3, 0.4) is 0 Å². The number of amides is 2. The maximum Gasteiger partial charge on any atom is 0.282 e. The zero-order valence-electron chi connectivity index (χ0n) is 13.9. The molecule has 0 N–H and O–H groups in total. The van der Waals surface area contributed by atoms with Crippen LogP contribution in [0.4, 0.5) is 14.5 Å². The molecule has 0 spiro atoms. The van der Waals surface area contributed by atoms with Crippen LogP contribution in [-0.4, -0.2) is 29.8 Å². The summed E-state index contributed by atoms with van der Waals surface area (Å²) in [4.78, 5) is 28.8. The van der Waals surface area contributed by atoms with Crippen LogP contribution >= 0.6 is 0 Å². The molecular weight excluding hydrogens is 338 g/mol. The second kappa shape index (κ2) is 6.37. The van der Waals surface area contributed by atoms with E-state index in [0.717, 1.165) is 35.9 Å². The van der Waals surface area contributed by atoms with Crippen LogP contribution in [0.15, 0.2) is 54.2 Å². The van der Waals surface area contributed by atoms with Crippen molar-refractivity contribution in [1.82, 2.24) is 4.90 Å². The summed E-state index contributed by atoms with van der Waals surface area (Å²) in [6, 6.07) is 11.6. The molecule has 2 aromatic carbocycles. The number of carbonyl (C=O) groups excluding carboxylic acids is 2. The van der Waals surface area contributed by atoms with Crippen LogP contribution in [0.2, 0.25) is 0 Å². The first kappa shape index (κ1) is 16.4. The Hall–Kier alpha value is -3.02. The predicted molar refractivity (Wildman–Crippen MR) is 93.0 cm³/mol. The van der Waals surface area contributed by atoms with Gasteiger partial charge in [0.05, 0.1) is 11.3 Å². The molecule has 0 aromatic heterocycles. The van der Waals surface area contributed by atoms with Crippen LogP contribution < -0.4 is 4.90 Å². The average Bonchev–Trinajstić information content (AvgIpc) is 3.24. The van der Waals surface area contributed by atoms with Crippen LogP contribution in [-0.2, 0) is 9.59 Å². The highest BCUT2D eigenvalue weighted by Crippen LogP contribution is 2.37. The van der Waals surface area contributed by atoms with Crippen LogP contribution in [0.25, 0.3) is 5.57 Å². The van der Waals surface area contributed by atoms with Crippen molar-refractivity contribution in [3.8, 4) is 0 Å². The van der Waals surface area contributed by atoms with Gasteiger partial charge in [-0.2, -0.15) is 0 Å². The summed E-state index contributed by atoms with van der Waals surface area (Å²) < 4.78 is 27.9. The van der Waals surface area contributed by atoms with Crippen LogP contribution in [0.5, 0.6) is 0 Å². The van der Waals surface area contributed by atoms with Crippen molar-refractivity contribution in [2.75, 3.05) is 18.0 Å². The molecule has 0 atom stereocenters. The largest absolute Gasteiger partial charge is 0.366 e. The van der Waals surface area contributed by atoms with Gasteiger partial charge in [-0.05, 0) is 30.5 Å². The van der Waals surface area contributed by atoms with Crippen molar-refractivity contribution < 1.29 is 18.4 Å². The first-order valence-electron chi connectivity index (χ1n) is 8.46. The zero-order chi connectivity index (χ0) is 18.3. The lowest BCUT2D eigenvalue weighted by Gasteiger charge is -2.20. The Kier molecular flexibility index (Phi) is 4.03. The molecule has 2 aliphatic rings. The Balaban J connectivity index is 1.86. The van der Waals surface area contributed by atoms with Gasteiger partial charge in [-0.3, -0.25) is 9.59 Å². The minimum atomic E-state index is -0.816. The maximum atomic E-state index is 14.3. The average molecular weight is 354 g/mol. The Morgan fingerprint density at radius 2 is 1.54 bits per heavy atom. The first-order chi connectivity index (χ1) is 12.6. The Morgan fingerprint density at radius 3 is 2.23 bits per heavy atom. The van der Waals surface area contributed by atoms with Crippen LogP contribution in [0.1, 0.15) is 18.4 Å². The van der Waals surface area contributed by atoms with Gasteiger partial charge in [-0.15, -0.1) is 0 Å². The number of hydrogen-bond donors (Lipinski definition) is 0. The van der Waals surface area contributed by atoms with Gasteiger partial charge >= 0.3 is 0 Å². The third-order valence-electron chi connectivity index (χ3n) is 4.69. The number of anilines is 1. The van der Waals surface area contributed by atoms with E-state index in [2.05, 4.69) is 0 Å². The van der Waals surface area contributed by atoms with Crippen molar-refractivity contribution in [1.29, 1.82) is 0 Å². The molecular formula is C20H16F2N2O2. The van der Waals surface area contributed by atoms with Crippen molar-refractivity contribution in [3.05, 3.63) is 71.4 Å². The van der Waals surface area contributed by atoms with Gasteiger partial charge in [0.25, 0.3) is 11.8 Å². The van der Waals surface area contributed by atoms with E-state index in [-0.39, 0.29) is 17.0 Å². The van der Waals surface area contributed by atoms with Gasteiger partial charge in [0.15, 0.2) is 0 Å². The van der Waals surface area contributed by atoms with Gasteiger partial charge in [0, 0.05) is 19.2 Å². The summed E-state index contributed by atoms with van der Waals surface area (Å²) >= 11 is 0. The Labute approximate surface area is 149 Å². The third kappa shape index (κ3) is 2.58. The second-order valence-electron chi connectivity index (χ2n) is 6.33. The fraction of sp³-hybridized carbons (Fsp3) is 0.200. The van der Waals surface area contributed by atoms with Crippen molar-refractivity contribution >= 4 is 23.1 Å². The normalized spacial score (nSPS) is 17.6. The first-order valence-corrected chi connectivity index (χ1v) is 8.46. The van der Waals surface area contributed by atoms with Gasteiger partial charge < -0.3 is 4.90 Å². The molecule has 2 amide bonds. The fourth-order valence-electron chi connectivity index (χ4n) is 3.49. The molecule has 0 aliphatic carbocycles. The van der Waals surface area contributed by atoms with E-state index in [4.69, 9.17) is 0 Å². The minimum Gasteiger partial charge on any atom is -0.366 e. The van der Waals surface area contributed by atoms with E-state index in [1.54, 1.807) is 24.3 Å². The molecule has 0 saturated carbocycles. The van der Waals surface area contributed by atoms with Crippen molar-refractivity contribution in [2.24, 2.45) is 0 Å². The van der Waals surface area contributed by atoms with E-state index in [1.165, 1.54) is 0 Å². The number of hydrogen-bond acceptors (Lipinski definition) is 3. The number of rotatable bonds is 3. The molecule has 4 nitrogen and oxygen atoms in total. The van der Waals surface area contributed by atoms with E-state index in [9.17, 15) is 18.4 Å². The molecule has 0 bridgehead atoms. The van der Waals surface area contributed by atoms with Gasteiger partial charge in [0.2, 0.25) is 0 Å². The Morgan fingerprint density at radius 1 is 0.846 bits per heavy atom. The minimum absolute atomic E-state index is 0.237. The number of likely N-dealkylation sites (tertiary alicyclic amines) is 1. The molecule has 2 aliphatic heterocycles. The SMILES string of the molecule is O=C1C(c2ccccc2)=C(N2CCCC2)C(=O)N1c1cc(F)ccc1F. The molecule has 132 valence electrons. The second-order valence-corrected chi connectivity index (χ2v) is 6.33. The predicted octanol–water partition coefficient (Wildman–Crippen LogP) is 3.35. The summed E-state index contributed by atoms with van der Waals surface area (Å²) in [5, 5.41) is 0. The Bertz CT molecular complexity index is 919. The summed E-state index contributed by atoms with van der Waals surface area (Å²) in [5.41, 5.74) is 0.734. The van der Waals surface area contributed by atoms with Gasteiger partial charge in [-0.1, -0.05) is 30.3 Å². The number of nitrogens with zero attached hydrogens (tertiary/aromatic N) is 2. The van der Waals surface area contributed by atoms with Crippen LogP contribution in [0, 0.1) is 11.6 Å². The summed E-state index contributed by atoms with van der Waals surface area (Å²) in [6.45, 7) is 1.31. The number of halogens is 2. The quantitative estimate of drug-likeness (QED) is 0.794. The van der Waals surface area contributed by atoms with E-state index in [0.29, 0.717) is 18.7 Å². The zero-order valence-corrected chi connectivity index (χ0v) is 13.9. The molecule has 26 heavy (non-hydrogen) atoms. The number of imide groups is 1. The number of carbonyl (C=O) groups is 2. The highest BCUT2D eigenvalue weighted by molar-refractivity contribution is 6.45. The van der Waals surface area contributed by atoms with E-state index in [1.807, 2.05) is 11.0 Å². The van der Waals surface area contributed by atoms with Crippen molar-refractivity contribution in [3.63, 3.8) is 0 Å². The molecule has 0 radical (unpaired) electrons. The summed E-state index contributed by atoms with van der Waals surface area (Å²) in [7, 11) is 0. The molecule has 0 unspecified atom stereocenters. The lowest BCUT2D eigenvalue weighted by Crippen LogP contribution is -2.35. The molecule has 2 aromatic rings. The number of benzene rings is 2. The molecule has 1 fully saturated rings. The lowest BCUT2D eigenvalue weighted by atomic mass is 10.0. The van der Waals surface area contributed by atoms with Gasteiger partial charge in [-0.25, -0.2) is 13.7 Å². The van der Waals surface area contributed by atoms with E-state index < -0.39 is 23.4 Å². The van der Waals surface area contributed by atoms with Crippen molar-refractivity contribution in [2.45, 2.75) is 12.8 Å². The molecule has 1 saturated heterocycles. The molecule has 6 heteroatoms. The monoisotopic (exact) mass is 354 g/mol. The highest BCUT2D eigenvalue weighted by Gasteiger charge is 2.43. The summed E-state index contributed by atoms with van der Waals surface area (Å²) in [6.07, 6.45) is 1.84. The molecule has 2 heterocycles. The maximum absolute atomic E-state index is 14.3. The van der Waals surface area contributed by atoms with E-state index >= 15 is 0 Å². The third-order valence-corrected chi connectivity index (χ3v) is 4.69. The van der Waals surface area contributed by atoms with Gasteiger partial charge in [0.1, 0.15) is 17.3 Å². The standard InChI is InChI=1S/C20H16F2N2O2/c21-14-8-9-15(22)16(12-14)24-19(25)17(13-6-2-1-3-7-13)18(20(24)26)23-10-4-5-11-23/h1-3,6-9,12H,4-5,10-11H2. The smallest absolute Gasteiger partial charge is 0.282 e. The topological polar surface area (TPSA) is 40.6 Å². The molecule has 4 rings (SSSR count). The summed E-state index contributed by atoms with van der Waals surface area (Å²) in [5.74, 6) is -2.77.